The van der Waals surface area contributed by atoms with E-state index in [-0.39, 0.29) is 0 Å². The Balaban J connectivity index is 0.000000686. The fraction of sp³-hybridized carbons (Fsp3) is 0.667. The van der Waals surface area contributed by atoms with Crippen molar-refractivity contribution in [1.29, 1.82) is 0 Å². The highest BCUT2D eigenvalue weighted by atomic mass is 16.5. The lowest BCUT2D eigenvalue weighted by atomic mass is 9.93. The van der Waals surface area contributed by atoms with Crippen molar-refractivity contribution in [3.8, 4) is 0 Å². The predicted molar refractivity (Wildman–Crippen MR) is 72.5 cm³/mol. The van der Waals surface area contributed by atoms with Crippen LogP contribution in [-0.2, 0) is 4.74 Å². The molecule has 0 radical (unpaired) electrons. The molecule has 1 aromatic rings. The molecule has 2 nitrogen and oxygen atoms in total. The van der Waals surface area contributed by atoms with Gasteiger partial charge in [-0.1, -0.05) is 27.7 Å². The van der Waals surface area contributed by atoms with Crippen LogP contribution in [0.25, 0.3) is 0 Å². The second-order valence-corrected chi connectivity index (χ2v) is 4.56. The minimum absolute atomic E-state index is 0.589. The van der Waals surface area contributed by atoms with Gasteiger partial charge in [0.15, 0.2) is 0 Å². The lowest BCUT2D eigenvalue weighted by molar-refractivity contribution is 0.0845. The van der Waals surface area contributed by atoms with Crippen molar-refractivity contribution in [2.45, 2.75) is 52.4 Å². The first-order chi connectivity index (χ1) is 8.27. The van der Waals surface area contributed by atoms with Crippen molar-refractivity contribution in [3.63, 3.8) is 0 Å². The minimum atomic E-state index is 0.589. The van der Waals surface area contributed by atoms with Crippen LogP contribution in [0.3, 0.4) is 0 Å². The Morgan fingerprint density at radius 1 is 1.24 bits per heavy atom. The maximum atomic E-state index is 5.37. The summed E-state index contributed by atoms with van der Waals surface area (Å²) in [5.74, 6) is 1.20. The third-order valence-corrected chi connectivity index (χ3v) is 3.11. The summed E-state index contributed by atoms with van der Waals surface area (Å²) in [6.45, 7) is 10.2. The summed E-state index contributed by atoms with van der Waals surface area (Å²) in [6.07, 6.45) is 4.18. The molecule has 96 valence electrons. The Labute approximate surface area is 105 Å². The molecule has 0 unspecified atom stereocenters. The van der Waals surface area contributed by atoms with Crippen LogP contribution in [-0.4, -0.2) is 18.2 Å². The van der Waals surface area contributed by atoms with Gasteiger partial charge in [-0.05, 0) is 36.5 Å². The maximum Gasteiger partial charge on any atom is 0.0472 e. The van der Waals surface area contributed by atoms with E-state index in [1.54, 1.807) is 0 Å². The molecule has 2 rings (SSSR count). The second-order valence-electron chi connectivity index (χ2n) is 4.56. The van der Waals surface area contributed by atoms with E-state index >= 15 is 0 Å². The van der Waals surface area contributed by atoms with E-state index < -0.39 is 0 Å². The van der Waals surface area contributed by atoms with Gasteiger partial charge >= 0.3 is 0 Å². The highest BCUT2D eigenvalue weighted by Gasteiger charge is 2.17. The average molecular weight is 235 g/mol. The molecule has 0 N–H and O–H groups in total. The molecule has 0 bridgehead atoms. The number of nitrogens with zero attached hydrogens (tertiary/aromatic N) is 1. The van der Waals surface area contributed by atoms with Gasteiger partial charge in [-0.3, -0.25) is 4.98 Å². The first-order valence-corrected chi connectivity index (χ1v) is 6.81. The highest BCUT2D eigenvalue weighted by Crippen LogP contribution is 2.27. The van der Waals surface area contributed by atoms with Crippen LogP contribution >= 0.6 is 0 Å². The molecule has 1 aliphatic rings. The zero-order valence-corrected chi connectivity index (χ0v) is 11.6. The summed E-state index contributed by atoms with van der Waals surface area (Å²) in [6, 6.07) is 4.38. The van der Waals surface area contributed by atoms with E-state index in [0.717, 1.165) is 26.1 Å². The van der Waals surface area contributed by atoms with Gasteiger partial charge in [0.2, 0.25) is 0 Å². The van der Waals surface area contributed by atoms with E-state index in [9.17, 15) is 0 Å². The predicted octanol–water partition coefficient (Wildman–Crippen LogP) is 4.13. The number of hydrogen-bond donors (Lipinski definition) is 0. The Kier molecular flexibility index (Phi) is 6.20. The van der Waals surface area contributed by atoms with Crippen molar-refractivity contribution in [1.82, 2.24) is 4.98 Å². The van der Waals surface area contributed by atoms with Crippen LogP contribution in [0.4, 0.5) is 0 Å². The number of ether oxygens (including phenoxy) is 1. The van der Waals surface area contributed by atoms with Gasteiger partial charge in [-0.25, -0.2) is 0 Å². The van der Waals surface area contributed by atoms with Crippen LogP contribution < -0.4 is 0 Å². The number of hydrogen-bond acceptors (Lipinski definition) is 2. The summed E-state index contributed by atoms with van der Waals surface area (Å²) >= 11 is 0. The molecule has 0 atom stereocenters. The third kappa shape index (κ3) is 4.12. The van der Waals surface area contributed by atoms with Gasteiger partial charge in [0.1, 0.15) is 0 Å². The quantitative estimate of drug-likeness (QED) is 0.769. The molecule has 0 aromatic carbocycles. The topological polar surface area (TPSA) is 22.1 Å². The smallest absolute Gasteiger partial charge is 0.0472 e. The van der Waals surface area contributed by atoms with Crippen molar-refractivity contribution < 1.29 is 4.74 Å². The summed E-state index contributed by atoms with van der Waals surface area (Å²) in [5.41, 5.74) is 2.65. The van der Waals surface area contributed by atoms with Crippen molar-refractivity contribution in [2.24, 2.45) is 0 Å². The monoisotopic (exact) mass is 235 g/mol. The molecule has 17 heavy (non-hydrogen) atoms. The zero-order chi connectivity index (χ0) is 12.7. The van der Waals surface area contributed by atoms with Crippen LogP contribution in [0.5, 0.6) is 0 Å². The summed E-state index contributed by atoms with van der Waals surface area (Å²) in [4.78, 5) is 4.49. The van der Waals surface area contributed by atoms with Crippen molar-refractivity contribution in [2.75, 3.05) is 13.2 Å². The molecule has 1 saturated heterocycles. The first-order valence-electron chi connectivity index (χ1n) is 6.81. The van der Waals surface area contributed by atoms with Crippen molar-refractivity contribution in [3.05, 3.63) is 29.6 Å². The molecular weight excluding hydrogens is 210 g/mol. The lowest BCUT2D eigenvalue weighted by Gasteiger charge is -2.22. The Morgan fingerprint density at radius 3 is 2.47 bits per heavy atom. The van der Waals surface area contributed by atoms with Crippen LogP contribution in [0, 0.1) is 0 Å². The van der Waals surface area contributed by atoms with Gasteiger partial charge in [0, 0.05) is 31.0 Å². The van der Waals surface area contributed by atoms with Crippen LogP contribution in [0.15, 0.2) is 18.3 Å². The normalized spacial score (nSPS) is 16.5. The SMILES string of the molecule is CC.CC(C)c1ccnc(C2CCOCC2)c1. The lowest BCUT2D eigenvalue weighted by Crippen LogP contribution is -2.15. The molecule has 1 aliphatic heterocycles. The van der Waals surface area contributed by atoms with Crippen molar-refractivity contribution >= 4 is 0 Å². The van der Waals surface area contributed by atoms with Crippen LogP contribution in [0.1, 0.15) is 63.6 Å². The molecule has 1 fully saturated rings. The minimum Gasteiger partial charge on any atom is -0.381 e. The fourth-order valence-electron chi connectivity index (χ4n) is 2.04. The van der Waals surface area contributed by atoms with Crippen LogP contribution in [0.2, 0.25) is 0 Å². The summed E-state index contributed by atoms with van der Waals surface area (Å²) < 4.78 is 5.37. The number of rotatable bonds is 2. The second kappa shape index (κ2) is 7.44. The Morgan fingerprint density at radius 2 is 1.88 bits per heavy atom. The standard InChI is InChI=1S/C13H19NO.C2H6/c1-10(2)12-3-6-14-13(9-12)11-4-7-15-8-5-11;1-2/h3,6,9-11H,4-5,7-8H2,1-2H3;1-2H3. The zero-order valence-electron chi connectivity index (χ0n) is 11.6. The molecule has 0 aliphatic carbocycles. The Bertz CT molecular complexity index is 316. The summed E-state index contributed by atoms with van der Waals surface area (Å²) in [5, 5.41) is 0. The largest absolute Gasteiger partial charge is 0.381 e. The summed E-state index contributed by atoms with van der Waals surface area (Å²) in [7, 11) is 0. The molecule has 1 aromatic heterocycles. The highest BCUT2D eigenvalue weighted by molar-refractivity contribution is 5.22. The molecule has 0 saturated carbocycles. The van der Waals surface area contributed by atoms with Gasteiger partial charge in [0.05, 0.1) is 0 Å². The fourth-order valence-corrected chi connectivity index (χ4v) is 2.04. The molecule has 2 heteroatoms. The van der Waals surface area contributed by atoms with Gasteiger partial charge in [0.25, 0.3) is 0 Å². The van der Waals surface area contributed by atoms with Gasteiger partial charge < -0.3 is 4.74 Å². The van der Waals surface area contributed by atoms with E-state index in [1.807, 2.05) is 20.0 Å². The van der Waals surface area contributed by atoms with Gasteiger partial charge in [-0.2, -0.15) is 0 Å². The third-order valence-electron chi connectivity index (χ3n) is 3.11. The van der Waals surface area contributed by atoms with E-state index in [1.165, 1.54) is 11.3 Å². The average Bonchev–Trinajstić information content (AvgIpc) is 2.42. The van der Waals surface area contributed by atoms with Gasteiger partial charge in [-0.15, -0.1) is 0 Å². The molecular formula is C15H25NO. The maximum absolute atomic E-state index is 5.37. The number of aromatic nitrogens is 1. The molecule has 2 heterocycles. The Hall–Kier alpha value is -0.890. The molecule has 0 spiro atoms. The number of pyridine rings is 1. The first kappa shape index (κ1) is 14.2. The molecule has 0 amide bonds. The van der Waals surface area contributed by atoms with E-state index in [2.05, 4.69) is 31.0 Å². The van der Waals surface area contributed by atoms with E-state index in [0.29, 0.717) is 11.8 Å². The van der Waals surface area contributed by atoms with E-state index in [4.69, 9.17) is 4.74 Å².